The van der Waals surface area contributed by atoms with E-state index >= 15 is 0 Å². The van der Waals surface area contributed by atoms with Gasteiger partial charge in [0, 0.05) is 31.1 Å². The highest BCUT2D eigenvalue weighted by atomic mass is 35.5. The number of aliphatic hydroxyl groups excluding tert-OH is 1. The lowest BCUT2D eigenvalue weighted by Gasteiger charge is -2.29. The van der Waals surface area contributed by atoms with Gasteiger partial charge in [0.05, 0.1) is 0 Å². The number of aliphatic hydroxyl groups is 1. The predicted octanol–water partition coefficient (Wildman–Crippen LogP) is 3.19. The number of nitrogens with one attached hydrogen (secondary N) is 1. The summed E-state index contributed by atoms with van der Waals surface area (Å²) in [6.45, 7) is 2.45. The van der Waals surface area contributed by atoms with Crippen LogP contribution in [0.15, 0.2) is 54.6 Å². The summed E-state index contributed by atoms with van der Waals surface area (Å²) >= 11 is 5.95. The second kappa shape index (κ2) is 11.5. The van der Waals surface area contributed by atoms with Gasteiger partial charge in [-0.2, -0.15) is 0 Å². The summed E-state index contributed by atoms with van der Waals surface area (Å²) in [6.07, 6.45) is 1.43. The van der Waals surface area contributed by atoms with Crippen LogP contribution in [0.1, 0.15) is 30.9 Å². The van der Waals surface area contributed by atoms with Crippen molar-refractivity contribution in [3.63, 3.8) is 0 Å². The summed E-state index contributed by atoms with van der Waals surface area (Å²) in [4.78, 5) is 27.0. The van der Waals surface area contributed by atoms with E-state index in [9.17, 15) is 9.59 Å². The Morgan fingerprint density at radius 2 is 1.75 bits per heavy atom. The Bertz CT molecular complexity index is 750. The highest BCUT2D eigenvalue weighted by molar-refractivity contribution is 6.30. The maximum atomic E-state index is 12.9. The molecule has 0 aromatic heterocycles. The third kappa shape index (κ3) is 6.98. The van der Waals surface area contributed by atoms with Crippen molar-refractivity contribution in [3.05, 3.63) is 70.7 Å². The van der Waals surface area contributed by atoms with Gasteiger partial charge in [0.15, 0.2) is 0 Å². The monoisotopic (exact) mass is 402 g/mol. The number of amides is 2. The molecule has 0 aliphatic heterocycles. The van der Waals surface area contributed by atoms with E-state index in [1.807, 2.05) is 42.5 Å². The molecule has 0 fully saturated rings. The Morgan fingerprint density at radius 1 is 1.07 bits per heavy atom. The van der Waals surface area contributed by atoms with Gasteiger partial charge in [0.2, 0.25) is 11.8 Å². The number of benzene rings is 2. The minimum Gasteiger partial charge on any atom is -0.396 e. The molecule has 6 heteroatoms. The van der Waals surface area contributed by atoms with Crippen molar-refractivity contribution in [2.75, 3.05) is 13.2 Å². The zero-order valence-corrected chi connectivity index (χ0v) is 16.9. The van der Waals surface area contributed by atoms with Crippen molar-refractivity contribution in [2.24, 2.45) is 0 Å². The molecule has 150 valence electrons. The molecule has 2 N–H and O–H groups in total. The second-order valence-corrected chi connectivity index (χ2v) is 7.11. The first-order chi connectivity index (χ1) is 13.5. The number of rotatable bonds is 10. The third-order valence-corrected chi connectivity index (χ3v) is 4.79. The summed E-state index contributed by atoms with van der Waals surface area (Å²) in [5.41, 5.74) is 2.00. The Labute approximate surface area is 171 Å². The van der Waals surface area contributed by atoms with Crippen LogP contribution in [0.4, 0.5) is 0 Å². The molecule has 1 atom stereocenters. The number of hydrogen-bond donors (Lipinski definition) is 2. The number of nitrogens with zero attached hydrogens (tertiary/aromatic N) is 1. The van der Waals surface area contributed by atoms with Crippen molar-refractivity contribution in [1.29, 1.82) is 0 Å². The fourth-order valence-electron chi connectivity index (χ4n) is 2.85. The molecule has 0 aliphatic rings. The number of halogens is 1. The maximum Gasteiger partial charge on any atom is 0.242 e. The van der Waals surface area contributed by atoms with E-state index in [4.69, 9.17) is 16.7 Å². The van der Waals surface area contributed by atoms with E-state index in [0.717, 1.165) is 11.1 Å². The zero-order valence-electron chi connectivity index (χ0n) is 16.1. The largest absolute Gasteiger partial charge is 0.396 e. The van der Waals surface area contributed by atoms with Crippen LogP contribution < -0.4 is 5.32 Å². The molecule has 0 radical (unpaired) electrons. The van der Waals surface area contributed by atoms with Crippen LogP contribution in [0.2, 0.25) is 5.02 Å². The molecule has 0 unspecified atom stereocenters. The first-order valence-electron chi connectivity index (χ1n) is 9.47. The molecule has 0 spiro atoms. The van der Waals surface area contributed by atoms with Gasteiger partial charge in [-0.05, 0) is 43.0 Å². The van der Waals surface area contributed by atoms with Gasteiger partial charge in [-0.3, -0.25) is 9.59 Å². The normalized spacial score (nSPS) is 11.7. The summed E-state index contributed by atoms with van der Waals surface area (Å²) in [6, 6.07) is 16.5. The lowest BCUT2D eigenvalue weighted by molar-refractivity contribution is -0.140. The molecular formula is C22H27ClN2O3. The third-order valence-electron chi connectivity index (χ3n) is 4.54. The highest BCUT2D eigenvalue weighted by Crippen LogP contribution is 2.15. The lowest BCUT2D eigenvalue weighted by atomic mass is 10.1. The van der Waals surface area contributed by atoms with Crippen LogP contribution in [0.25, 0.3) is 0 Å². The Hall–Kier alpha value is -2.37. The van der Waals surface area contributed by atoms with Crippen LogP contribution in [-0.2, 0) is 22.6 Å². The number of hydrogen-bond acceptors (Lipinski definition) is 3. The second-order valence-electron chi connectivity index (χ2n) is 6.68. The molecular weight excluding hydrogens is 376 g/mol. The standard InChI is InChI=1S/C22H27ClN2O3/c1-17(22(28)24-14-5-15-26)25(16-19-8-11-20(23)12-9-19)21(27)13-10-18-6-3-2-4-7-18/h2-4,6-9,11-12,17,26H,5,10,13-16H2,1H3,(H,24,28)/t17-/m0/s1. The Kier molecular flexibility index (Phi) is 8.98. The first-order valence-corrected chi connectivity index (χ1v) is 9.85. The molecule has 2 aromatic rings. The van der Waals surface area contributed by atoms with Crippen LogP contribution in [0, 0.1) is 0 Å². The SMILES string of the molecule is C[C@@H](C(=O)NCCCO)N(Cc1ccc(Cl)cc1)C(=O)CCc1ccccc1. The molecule has 2 rings (SSSR count). The van der Waals surface area contributed by atoms with Crippen LogP contribution in [0.5, 0.6) is 0 Å². The molecule has 0 aliphatic carbocycles. The molecule has 0 heterocycles. The summed E-state index contributed by atoms with van der Waals surface area (Å²) in [7, 11) is 0. The van der Waals surface area contributed by atoms with E-state index in [0.29, 0.717) is 37.4 Å². The van der Waals surface area contributed by atoms with Gasteiger partial charge in [-0.1, -0.05) is 54.1 Å². The van der Waals surface area contributed by atoms with Gasteiger partial charge in [-0.25, -0.2) is 0 Å². The van der Waals surface area contributed by atoms with E-state index in [1.54, 1.807) is 24.0 Å². The van der Waals surface area contributed by atoms with Gasteiger partial charge < -0.3 is 15.3 Å². The van der Waals surface area contributed by atoms with E-state index in [2.05, 4.69) is 5.32 Å². The molecule has 0 bridgehead atoms. The van der Waals surface area contributed by atoms with Gasteiger partial charge in [-0.15, -0.1) is 0 Å². The fourth-order valence-corrected chi connectivity index (χ4v) is 2.97. The van der Waals surface area contributed by atoms with E-state index in [-0.39, 0.29) is 18.4 Å². The average Bonchev–Trinajstić information content (AvgIpc) is 2.72. The highest BCUT2D eigenvalue weighted by Gasteiger charge is 2.25. The maximum absolute atomic E-state index is 12.9. The molecule has 5 nitrogen and oxygen atoms in total. The quantitative estimate of drug-likeness (QED) is 0.599. The average molecular weight is 403 g/mol. The number of carbonyl (C=O) groups excluding carboxylic acids is 2. The van der Waals surface area contributed by atoms with Crippen LogP contribution in [0.3, 0.4) is 0 Å². The van der Waals surface area contributed by atoms with E-state index < -0.39 is 6.04 Å². The van der Waals surface area contributed by atoms with E-state index in [1.165, 1.54) is 0 Å². The molecule has 0 saturated heterocycles. The minimum atomic E-state index is -0.613. The predicted molar refractivity (Wildman–Crippen MR) is 111 cm³/mol. The van der Waals surface area contributed by atoms with Crippen molar-refractivity contribution >= 4 is 23.4 Å². The van der Waals surface area contributed by atoms with Crippen molar-refractivity contribution < 1.29 is 14.7 Å². The zero-order chi connectivity index (χ0) is 20.4. The smallest absolute Gasteiger partial charge is 0.242 e. The Balaban J connectivity index is 2.08. The van der Waals surface area contributed by atoms with Gasteiger partial charge >= 0.3 is 0 Å². The number of aryl methyl sites for hydroxylation is 1. The first kappa shape index (κ1) is 21.9. The molecule has 0 saturated carbocycles. The summed E-state index contributed by atoms with van der Waals surface area (Å²) in [5.74, 6) is -0.306. The van der Waals surface area contributed by atoms with Gasteiger partial charge in [0.25, 0.3) is 0 Å². The minimum absolute atomic E-state index is 0.0131. The summed E-state index contributed by atoms with van der Waals surface area (Å²) in [5, 5.41) is 12.3. The topological polar surface area (TPSA) is 69.6 Å². The van der Waals surface area contributed by atoms with Crippen LogP contribution >= 0.6 is 11.6 Å². The number of carbonyl (C=O) groups is 2. The lowest BCUT2D eigenvalue weighted by Crippen LogP contribution is -2.47. The molecule has 2 aromatic carbocycles. The van der Waals surface area contributed by atoms with Gasteiger partial charge in [0.1, 0.15) is 6.04 Å². The fraction of sp³-hybridized carbons (Fsp3) is 0.364. The molecule has 28 heavy (non-hydrogen) atoms. The van der Waals surface area contributed by atoms with Crippen LogP contribution in [-0.4, -0.2) is 41.0 Å². The molecule has 2 amide bonds. The Morgan fingerprint density at radius 3 is 2.39 bits per heavy atom. The van der Waals surface area contributed by atoms with Crippen molar-refractivity contribution in [3.8, 4) is 0 Å². The van der Waals surface area contributed by atoms with Crippen molar-refractivity contribution in [2.45, 2.75) is 38.8 Å². The summed E-state index contributed by atoms with van der Waals surface area (Å²) < 4.78 is 0. The van der Waals surface area contributed by atoms with Crippen molar-refractivity contribution in [1.82, 2.24) is 10.2 Å².